The molecule has 7 unspecified atom stereocenters. The summed E-state index contributed by atoms with van der Waals surface area (Å²) in [6, 6.07) is -0.793. The van der Waals surface area contributed by atoms with E-state index in [0.717, 1.165) is 44.9 Å². The van der Waals surface area contributed by atoms with Gasteiger partial charge >= 0.3 is 0 Å². The van der Waals surface area contributed by atoms with E-state index in [2.05, 4.69) is 19.2 Å². The van der Waals surface area contributed by atoms with Crippen LogP contribution >= 0.6 is 0 Å². The maximum atomic E-state index is 12.8. The Morgan fingerprint density at radius 1 is 0.733 bits per heavy atom. The molecule has 1 rings (SSSR count). The molecule has 0 aromatic carbocycles. The van der Waals surface area contributed by atoms with Crippen molar-refractivity contribution in [3.05, 3.63) is 12.2 Å². The third-order valence-electron chi connectivity index (χ3n) is 8.86. The monoisotopic (exact) mass is 644 g/mol. The highest BCUT2D eigenvalue weighted by Gasteiger charge is 2.44. The van der Waals surface area contributed by atoms with Gasteiger partial charge in [0.2, 0.25) is 5.91 Å². The molecule has 1 fully saturated rings. The lowest BCUT2D eigenvalue weighted by Crippen LogP contribution is -2.60. The van der Waals surface area contributed by atoms with Crippen molar-refractivity contribution in [1.29, 1.82) is 0 Å². The first-order valence-corrected chi connectivity index (χ1v) is 18.4. The average Bonchev–Trinajstić information content (AvgIpc) is 3.03. The minimum atomic E-state index is -1.56. The largest absolute Gasteiger partial charge is 0.394 e. The summed E-state index contributed by atoms with van der Waals surface area (Å²) >= 11 is 0. The van der Waals surface area contributed by atoms with Crippen molar-refractivity contribution < 1.29 is 39.8 Å². The molecule has 0 radical (unpaired) electrons. The van der Waals surface area contributed by atoms with Gasteiger partial charge in [-0.1, -0.05) is 142 Å². The molecule has 0 saturated carbocycles. The number of aliphatic hydroxyl groups excluding tert-OH is 5. The van der Waals surface area contributed by atoms with Crippen molar-refractivity contribution in [2.45, 2.75) is 198 Å². The van der Waals surface area contributed by atoms with Crippen LogP contribution in [0, 0.1) is 0 Å². The Morgan fingerprint density at radius 3 is 1.73 bits per heavy atom. The molecular formula is C36H69NO8. The highest BCUT2D eigenvalue weighted by molar-refractivity contribution is 5.76. The second-order valence-electron chi connectivity index (χ2n) is 13.0. The fourth-order valence-corrected chi connectivity index (χ4v) is 5.80. The normalized spacial score (nSPS) is 23.4. The van der Waals surface area contributed by atoms with Crippen molar-refractivity contribution in [3.8, 4) is 0 Å². The van der Waals surface area contributed by atoms with Gasteiger partial charge in [0.15, 0.2) is 6.29 Å². The van der Waals surface area contributed by atoms with Crippen LogP contribution in [0.2, 0.25) is 0 Å². The van der Waals surface area contributed by atoms with E-state index in [-0.39, 0.29) is 12.5 Å². The van der Waals surface area contributed by atoms with Crippen molar-refractivity contribution >= 4 is 5.91 Å². The summed E-state index contributed by atoms with van der Waals surface area (Å²) in [5.74, 6) is -0.184. The molecule has 266 valence electrons. The summed E-state index contributed by atoms with van der Waals surface area (Å²) in [5, 5.41) is 53.4. The van der Waals surface area contributed by atoms with Gasteiger partial charge in [0.1, 0.15) is 24.4 Å². The highest BCUT2D eigenvalue weighted by atomic mass is 16.7. The molecule has 0 aromatic rings. The number of nitrogens with one attached hydrogen (secondary N) is 1. The maximum absolute atomic E-state index is 12.8. The average molecular weight is 644 g/mol. The maximum Gasteiger partial charge on any atom is 0.220 e. The zero-order valence-corrected chi connectivity index (χ0v) is 28.6. The molecule has 1 aliphatic rings. The summed E-state index contributed by atoms with van der Waals surface area (Å²) in [4.78, 5) is 12.8. The summed E-state index contributed by atoms with van der Waals surface area (Å²) in [6.45, 7) is 3.64. The molecule has 1 aliphatic heterocycles. The molecule has 9 heteroatoms. The number of carbonyl (C=O) groups is 1. The molecular weight excluding hydrogens is 574 g/mol. The SMILES string of the molecule is CCCCC/C=C/C(O)C(COC1OC(CO)C(O)C(O)C1O)NC(=O)CCCCCCCCCCCCCCCCCCC. The Balaban J connectivity index is 2.30. The van der Waals surface area contributed by atoms with Crippen molar-refractivity contribution in [3.63, 3.8) is 0 Å². The van der Waals surface area contributed by atoms with Gasteiger partial charge in [-0.05, 0) is 19.3 Å². The van der Waals surface area contributed by atoms with E-state index in [1.165, 1.54) is 89.9 Å². The minimum Gasteiger partial charge on any atom is -0.394 e. The van der Waals surface area contributed by atoms with Crippen LogP contribution in [-0.2, 0) is 14.3 Å². The summed E-state index contributed by atoms with van der Waals surface area (Å²) in [7, 11) is 0. The van der Waals surface area contributed by atoms with Gasteiger partial charge in [-0.3, -0.25) is 4.79 Å². The molecule has 1 heterocycles. The Labute approximate surface area is 274 Å². The minimum absolute atomic E-state index is 0.184. The molecule has 1 saturated heterocycles. The van der Waals surface area contributed by atoms with E-state index >= 15 is 0 Å². The molecule has 7 atom stereocenters. The Hall–Kier alpha value is -1.07. The van der Waals surface area contributed by atoms with Crippen LogP contribution in [0.3, 0.4) is 0 Å². The molecule has 0 spiro atoms. The van der Waals surface area contributed by atoms with E-state index in [1.54, 1.807) is 6.08 Å². The molecule has 0 aliphatic carbocycles. The van der Waals surface area contributed by atoms with Crippen LogP contribution in [0.5, 0.6) is 0 Å². The fourth-order valence-electron chi connectivity index (χ4n) is 5.80. The summed E-state index contributed by atoms with van der Waals surface area (Å²) < 4.78 is 11.1. The number of hydrogen-bond acceptors (Lipinski definition) is 8. The first-order chi connectivity index (χ1) is 21.8. The van der Waals surface area contributed by atoms with E-state index in [0.29, 0.717) is 6.42 Å². The first kappa shape index (κ1) is 42.0. The van der Waals surface area contributed by atoms with Crippen LogP contribution in [0.25, 0.3) is 0 Å². The zero-order valence-electron chi connectivity index (χ0n) is 28.6. The van der Waals surface area contributed by atoms with Crippen LogP contribution in [0.15, 0.2) is 12.2 Å². The third kappa shape index (κ3) is 20.0. The third-order valence-corrected chi connectivity index (χ3v) is 8.86. The predicted molar refractivity (Wildman–Crippen MR) is 180 cm³/mol. The second kappa shape index (κ2) is 28.0. The zero-order chi connectivity index (χ0) is 33.1. The number of aliphatic hydroxyl groups is 5. The number of unbranched alkanes of at least 4 members (excludes halogenated alkanes) is 19. The number of carbonyl (C=O) groups excluding carboxylic acids is 1. The van der Waals surface area contributed by atoms with E-state index < -0.39 is 49.5 Å². The number of rotatable bonds is 29. The lowest BCUT2D eigenvalue weighted by Gasteiger charge is -2.40. The molecule has 6 N–H and O–H groups in total. The van der Waals surface area contributed by atoms with Crippen LogP contribution in [0.4, 0.5) is 0 Å². The first-order valence-electron chi connectivity index (χ1n) is 18.4. The van der Waals surface area contributed by atoms with Crippen LogP contribution in [0.1, 0.15) is 155 Å². The lowest BCUT2D eigenvalue weighted by atomic mass is 9.99. The summed E-state index contributed by atoms with van der Waals surface area (Å²) in [5.41, 5.74) is 0. The second-order valence-corrected chi connectivity index (χ2v) is 13.0. The van der Waals surface area contributed by atoms with Gasteiger partial charge < -0.3 is 40.3 Å². The van der Waals surface area contributed by atoms with Crippen LogP contribution < -0.4 is 5.32 Å². The standard InChI is InChI=1S/C36H69NO8/c1-3-5-7-9-10-11-12-13-14-15-16-17-18-19-20-22-24-26-32(40)37-29(30(39)25-23-21-8-6-4-2)28-44-36-35(43)34(42)33(41)31(27-38)45-36/h23,25,29-31,33-36,38-39,41-43H,3-22,24,26-28H2,1-2H3,(H,37,40)/b25-23+. The fraction of sp³-hybridized carbons (Fsp3) is 0.917. The number of allylic oxidation sites excluding steroid dienone is 1. The van der Waals surface area contributed by atoms with E-state index in [1.807, 2.05) is 6.08 Å². The van der Waals surface area contributed by atoms with Gasteiger partial charge in [-0.15, -0.1) is 0 Å². The lowest BCUT2D eigenvalue weighted by molar-refractivity contribution is -0.302. The van der Waals surface area contributed by atoms with Gasteiger partial charge in [-0.25, -0.2) is 0 Å². The molecule has 0 aromatic heterocycles. The predicted octanol–water partition coefficient (Wildman–Crippen LogP) is 5.83. The smallest absolute Gasteiger partial charge is 0.220 e. The number of ether oxygens (including phenoxy) is 2. The van der Waals surface area contributed by atoms with Gasteiger partial charge in [0, 0.05) is 6.42 Å². The van der Waals surface area contributed by atoms with E-state index in [9.17, 15) is 30.3 Å². The highest BCUT2D eigenvalue weighted by Crippen LogP contribution is 2.22. The van der Waals surface area contributed by atoms with Crippen molar-refractivity contribution in [2.75, 3.05) is 13.2 Å². The number of amides is 1. The quantitative estimate of drug-likeness (QED) is 0.0441. The Morgan fingerprint density at radius 2 is 1.22 bits per heavy atom. The Kier molecular flexibility index (Phi) is 26.1. The Bertz CT molecular complexity index is 721. The van der Waals surface area contributed by atoms with Gasteiger partial charge in [-0.2, -0.15) is 0 Å². The van der Waals surface area contributed by atoms with Gasteiger partial charge in [0.25, 0.3) is 0 Å². The van der Waals surface area contributed by atoms with Crippen LogP contribution in [-0.4, -0.2) is 87.5 Å². The van der Waals surface area contributed by atoms with Gasteiger partial charge in [0.05, 0.1) is 25.4 Å². The summed E-state index contributed by atoms with van der Waals surface area (Å²) in [6.07, 6.45) is 21.6. The van der Waals surface area contributed by atoms with Crippen molar-refractivity contribution in [2.24, 2.45) is 0 Å². The molecule has 9 nitrogen and oxygen atoms in total. The number of hydrogen-bond donors (Lipinski definition) is 6. The molecule has 45 heavy (non-hydrogen) atoms. The molecule has 0 bridgehead atoms. The molecule has 1 amide bonds. The topological polar surface area (TPSA) is 149 Å². The van der Waals surface area contributed by atoms with Crippen molar-refractivity contribution in [1.82, 2.24) is 5.32 Å². The van der Waals surface area contributed by atoms with E-state index in [4.69, 9.17) is 9.47 Å².